The Labute approximate surface area is 155 Å². The van der Waals surface area contributed by atoms with Gasteiger partial charge in [0.1, 0.15) is 5.76 Å². The summed E-state index contributed by atoms with van der Waals surface area (Å²) >= 11 is 5.90. The van der Waals surface area contributed by atoms with Crippen LogP contribution in [0.15, 0.2) is 77.3 Å². The zero-order valence-corrected chi connectivity index (χ0v) is 14.5. The summed E-state index contributed by atoms with van der Waals surface area (Å²) in [6, 6.07) is 20.5. The zero-order valence-electron chi connectivity index (χ0n) is 13.8. The molecule has 0 bridgehead atoms. The Morgan fingerprint density at radius 2 is 1.81 bits per heavy atom. The second kappa shape index (κ2) is 7.02. The van der Waals surface area contributed by atoms with E-state index in [1.165, 1.54) is 0 Å². The van der Waals surface area contributed by atoms with Gasteiger partial charge < -0.3 is 9.73 Å². The van der Waals surface area contributed by atoms with Crippen molar-refractivity contribution in [1.29, 1.82) is 0 Å². The van der Waals surface area contributed by atoms with Crippen molar-refractivity contribution >= 4 is 28.4 Å². The molecule has 0 atom stereocenters. The summed E-state index contributed by atoms with van der Waals surface area (Å²) in [5.74, 6) is 0.639. The van der Waals surface area contributed by atoms with Gasteiger partial charge in [-0.3, -0.25) is 9.78 Å². The molecule has 4 rings (SSSR count). The van der Waals surface area contributed by atoms with Crippen molar-refractivity contribution in [2.24, 2.45) is 0 Å². The fraction of sp³-hybridized carbons (Fsp3) is 0.0476. The third-order valence-electron chi connectivity index (χ3n) is 4.14. The second-order valence-electron chi connectivity index (χ2n) is 5.84. The number of rotatable bonds is 4. The molecule has 0 fully saturated rings. The molecule has 26 heavy (non-hydrogen) atoms. The minimum atomic E-state index is -0.258. The highest BCUT2D eigenvalue weighted by molar-refractivity contribution is 6.30. The van der Waals surface area contributed by atoms with Crippen molar-refractivity contribution < 1.29 is 9.21 Å². The standard InChI is InChI=1S/C21H15ClN2O2/c22-16-7-5-14(6-8-16)19-9-10-20(26-19)21(25)24-13-15-11-12-23-18-4-2-1-3-17(15)18/h1-12H,13H2,(H,24,25). The Morgan fingerprint density at radius 1 is 1.00 bits per heavy atom. The number of fused-ring (bicyclic) bond motifs is 1. The first-order chi connectivity index (χ1) is 12.7. The zero-order chi connectivity index (χ0) is 17.9. The smallest absolute Gasteiger partial charge is 0.287 e. The maximum Gasteiger partial charge on any atom is 0.287 e. The summed E-state index contributed by atoms with van der Waals surface area (Å²) in [6.45, 7) is 0.402. The number of nitrogens with one attached hydrogen (secondary N) is 1. The SMILES string of the molecule is O=C(NCc1ccnc2ccccc12)c1ccc(-c2ccc(Cl)cc2)o1. The normalized spacial score (nSPS) is 10.8. The first-order valence-corrected chi connectivity index (χ1v) is 8.55. The molecule has 0 unspecified atom stereocenters. The highest BCUT2D eigenvalue weighted by atomic mass is 35.5. The number of hydrogen-bond acceptors (Lipinski definition) is 3. The van der Waals surface area contributed by atoms with Crippen molar-refractivity contribution in [3.05, 3.63) is 89.3 Å². The number of furan rings is 1. The molecule has 0 spiro atoms. The number of halogens is 1. The van der Waals surface area contributed by atoms with E-state index < -0.39 is 0 Å². The van der Waals surface area contributed by atoms with Crippen LogP contribution in [0.2, 0.25) is 5.02 Å². The van der Waals surface area contributed by atoms with Crippen molar-refractivity contribution in [2.45, 2.75) is 6.54 Å². The van der Waals surface area contributed by atoms with Crippen molar-refractivity contribution in [3.63, 3.8) is 0 Å². The van der Waals surface area contributed by atoms with Gasteiger partial charge in [0.2, 0.25) is 0 Å². The number of carbonyl (C=O) groups excluding carboxylic acids is 1. The molecule has 0 aliphatic rings. The average molecular weight is 363 g/mol. The van der Waals surface area contributed by atoms with Crippen molar-refractivity contribution in [2.75, 3.05) is 0 Å². The van der Waals surface area contributed by atoms with Crippen LogP contribution in [0.25, 0.3) is 22.2 Å². The Bertz CT molecular complexity index is 1070. The molecule has 1 amide bonds. The quantitative estimate of drug-likeness (QED) is 0.551. The fourth-order valence-corrected chi connectivity index (χ4v) is 2.93. The number of amides is 1. The number of aromatic nitrogens is 1. The van der Waals surface area contributed by atoms with Gasteiger partial charge in [-0.2, -0.15) is 0 Å². The molecule has 2 aromatic carbocycles. The molecular weight excluding hydrogens is 348 g/mol. The highest BCUT2D eigenvalue weighted by Crippen LogP contribution is 2.24. The van der Waals surface area contributed by atoms with Gasteiger partial charge in [0.25, 0.3) is 5.91 Å². The minimum absolute atomic E-state index is 0.258. The maximum absolute atomic E-state index is 12.4. The molecule has 2 aromatic heterocycles. The molecule has 2 heterocycles. The summed E-state index contributed by atoms with van der Waals surface area (Å²) < 4.78 is 5.68. The average Bonchev–Trinajstić information content (AvgIpc) is 3.17. The second-order valence-corrected chi connectivity index (χ2v) is 6.28. The molecule has 0 aliphatic heterocycles. The van der Waals surface area contributed by atoms with E-state index in [-0.39, 0.29) is 11.7 Å². The lowest BCUT2D eigenvalue weighted by Crippen LogP contribution is -2.22. The van der Waals surface area contributed by atoms with Gasteiger partial charge in [0.15, 0.2) is 5.76 Å². The van der Waals surface area contributed by atoms with E-state index in [1.54, 1.807) is 30.5 Å². The number of hydrogen-bond donors (Lipinski definition) is 1. The van der Waals surface area contributed by atoms with Crippen LogP contribution < -0.4 is 5.32 Å². The lowest BCUT2D eigenvalue weighted by atomic mass is 10.1. The van der Waals surface area contributed by atoms with Crippen LogP contribution in [0.5, 0.6) is 0 Å². The van der Waals surface area contributed by atoms with Crippen LogP contribution in [0, 0.1) is 0 Å². The Balaban J connectivity index is 1.49. The van der Waals surface area contributed by atoms with Gasteiger partial charge in [-0.25, -0.2) is 0 Å². The van der Waals surface area contributed by atoms with Gasteiger partial charge in [-0.05, 0) is 54.1 Å². The van der Waals surface area contributed by atoms with Crippen LogP contribution in [0.3, 0.4) is 0 Å². The topological polar surface area (TPSA) is 55.1 Å². The molecule has 0 saturated heterocycles. The van der Waals surface area contributed by atoms with Crippen molar-refractivity contribution in [3.8, 4) is 11.3 Å². The van der Waals surface area contributed by atoms with E-state index in [0.29, 0.717) is 17.3 Å². The molecule has 4 aromatic rings. The summed E-state index contributed by atoms with van der Waals surface area (Å²) in [6.07, 6.45) is 1.75. The largest absolute Gasteiger partial charge is 0.451 e. The first kappa shape index (κ1) is 16.4. The van der Waals surface area contributed by atoms with Gasteiger partial charge in [-0.15, -0.1) is 0 Å². The third kappa shape index (κ3) is 3.32. The number of nitrogens with zero attached hydrogens (tertiary/aromatic N) is 1. The molecule has 1 N–H and O–H groups in total. The summed E-state index contributed by atoms with van der Waals surface area (Å²) in [5, 5.41) is 4.58. The highest BCUT2D eigenvalue weighted by Gasteiger charge is 2.12. The number of para-hydroxylation sites is 1. The lowest BCUT2D eigenvalue weighted by molar-refractivity contribution is 0.0924. The summed E-state index contributed by atoms with van der Waals surface area (Å²) in [5.41, 5.74) is 2.78. The van der Waals surface area contributed by atoms with E-state index in [2.05, 4.69) is 10.3 Å². The molecule has 128 valence electrons. The summed E-state index contributed by atoms with van der Waals surface area (Å²) in [4.78, 5) is 16.7. The van der Waals surface area contributed by atoms with Crippen LogP contribution in [-0.4, -0.2) is 10.9 Å². The van der Waals surface area contributed by atoms with E-state index in [4.69, 9.17) is 16.0 Å². The number of carbonyl (C=O) groups is 1. The van der Waals surface area contributed by atoms with Gasteiger partial charge in [-0.1, -0.05) is 29.8 Å². The van der Waals surface area contributed by atoms with Crippen molar-refractivity contribution in [1.82, 2.24) is 10.3 Å². The molecule has 0 aliphatic carbocycles. The van der Waals surface area contributed by atoms with Crippen LogP contribution in [-0.2, 0) is 6.54 Å². The van der Waals surface area contributed by atoms with E-state index in [0.717, 1.165) is 22.0 Å². The minimum Gasteiger partial charge on any atom is -0.451 e. The molecule has 0 radical (unpaired) electrons. The van der Waals surface area contributed by atoms with E-state index >= 15 is 0 Å². The van der Waals surface area contributed by atoms with E-state index in [9.17, 15) is 4.79 Å². The first-order valence-electron chi connectivity index (χ1n) is 8.17. The van der Waals surface area contributed by atoms with Crippen LogP contribution in [0.1, 0.15) is 16.1 Å². The van der Waals surface area contributed by atoms with E-state index in [1.807, 2.05) is 42.5 Å². The van der Waals surface area contributed by atoms with Crippen LogP contribution in [0.4, 0.5) is 0 Å². The van der Waals surface area contributed by atoms with Gasteiger partial charge in [0, 0.05) is 28.7 Å². The monoisotopic (exact) mass is 362 g/mol. The predicted molar refractivity (Wildman–Crippen MR) is 102 cm³/mol. The Hall–Kier alpha value is -3.11. The predicted octanol–water partition coefficient (Wildman–Crippen LogP) is 5.08. The molecular formula is C21H15ClN2O2. The fourth-order valence-electron chi connectivity index (χ4n) is 2.80. The van der Waals surface area contributed by atoms with Crippen LogP contribution >= 0.6 is 11.6 Å². The summed E-state index contributed by atoms with van der Waals surface area (Å²) in [7, 11) is 0. The maximum atomic E-state index is 12.4. The van der Waals surface area contributed by atoms with Gasteiger partial charge in [0.05, 0.1) is 5.52 Å². The number of pyridine rings is 1. The third-order valence-corrected chi connectivity index (χ3v) is 4.39. The Kier molecular flexibility index (Phi) is 4.42. The molecule has 5 heteroatoms. The number of benzene rings is 2. The molecule has 0 saturated carbocycles. The Morgan fingerprint density at radius 3 is 2.65 bits per heavy atom. The molecule has 4 nitrogen and oxygen atoms in total. The lowest BCUT2D eigenvalue weighted by Gasteiger charge is -2.07. The van der Waals surface area contributed by atoms with Gasteiger partial charge >= 0.3 is 0 Å².